The Morgan fingerprint density at radius 3 is 2.64 bits per heavy atom. The van der Waals surface area contributed by atoms with Crippen LogP contribution in [0.2, 0.25) is 0 Å². The molecule has 4 nitrogen and oxygen atoms in total. The molecule has 4 rings (SSSR count). The lowest BCUT2D eigenvalue weighted by atomic mass is 10.0. The summed E-state index contributed by atoms with van der Waals surface area (Å²) in [5.41, 5.74) is 1.07. The second-order valence-corrected chi connectivity index (χ2v) is 4.98. The van der Waals surface area contributed by atoms with Crippen LogP contribution >= 0.6 is 0 Å². The fraction of sp³-hybridized carbons (Fsp3) is 0.118. The summed E-state index contributed by atoms with van der Waals surface area (Å²) in [4.78, 5) is 12.6. The third-order valence-electron chi connectivity index (χ3n) is 3.59. The van der Waals surface area contributed by atoms with Gasteiger partial charge >= 0.3 is 0 Å². The summed E-state index contributed by atoms with van der Waals surface area (Å²) in [6.45, 7) is 0.970. The minimum atomic E-state index is -0.473. The van der Waals surface area contributed by atoms with Crippen LogP contribution in [-0.2, 0) is 0 Å². The fourth-order valence-electron chi connectivity index (χ4n) is 2.51. The van der Waals surface area contributed by atoms with Gasteiger partial charge in [0.25, 0.3) is 0 Å². The summed E-state index contributed by atoms with van der Waals surface area (Å²) in [6, 6.07) is 9.12. The number of rotatable bonds is 1. The van der Waals surface area contributed by atoms with E-state index in [0.717, 1.165) is 0 Å². The molecule has 0 saturated heterocycles. The average Bonchev–Trinajstić information content (AvgIpc) is 2.55. The van der Waals surface area contributed by atoms with Crippen molar-refractivity contribution in [2.75, 3.05) is 13.2 Å². The maximum atomic E-state index is 13.4. The van der Waals surface area contributed by atoms with Gasteiger partial charge in [0.2, 0.25) is 5.43 Å². The van der Waals surface area contributed by atoms with Gasteiger partial charge in [0.15, 0.2) is 11.5 Å². The molecule has 5 heteroatoms. The molecule has 110 valence electrons. The summed E-state index contributed by atoms with van der Waals surface area (Å²) < 4.78 is 29.8. The Morgan fingerprint density at radius 2 is 1.77 bits per heavy atom. The minimum absolute atomic E-state index is 0.215. The molecule has 0 unspecified atom stereocenters. The van der Waals surface area contributed by atoms with Gasteiger partial charge in [-0.25, -0.2) is 4.39 Å². The molecular weight excluding hydrogens is 287 g/mol. The zero-order chi connectivity index (χ0) is 15.1. The van der Waals surface area contributed by atoms with E-state index in [-0.39, 0.29) is 10.8 Å². The van der Waals surface area contributed by atoms with E-state index in [1.165, 1.54) is 24.5 Å². The van der Waals surface area contributed by atoms with Crippen LogP contribution in [0.1, 0.15) is 0 Å². The number of benzene rings is 2. The molecule has 0 atom stereocenters. The van der Waals surface area contributed by atoms with Crippen LogP contribution in [0.5, 0.6) is 11.5 Å². The van der Waals surface area contributed by atoms with Crippen molar-refractivity contribution in [3.05, 3.63) is 58.7 Å². The Bertz CT molecular complexity index is 930. The van der Waals surface area contributed by atoms with E-state index in [2.05, 4.69) is 0 Å². The molecule has 0 bridgehead atoms. The third-order valence-corrected chi connectivity index (χ3v) is 3.59. The normalized spacial score (nSPS) is 13.3. The Kier molecular flexibility index (Phi) is 2.85. The Labute approximate surface area is 124 Å². The summed E-state index contributed by atoms with van der Waals surface area (Å²) in [5.74, 6) is 0.757. The molecular formula is C17H11FO4. The minimum Gasteiger partial charge on any atom is -0.486 e. The standard InChI is InChI=1S/C17H11FO4/c18-11-2-4-14-12(8-11)17(19)13(9-22-14)10-1-3-15-16(7-10)21-6-5-20-15/h1-4,7-9H,5-6H2. The van der Waals surface area contributed by atoms with Crippen molar-refractivity contribution in [1.82, 2.24) is 0 Å². The van der Waals surface area contributed by atoms with Crippen LogP contribution in [0, 0.1) is 5.82 Å². The summed E-state index contributed by atoms with van der Waals surface area (Å²) in [6.07, 6.45) is 1.38. The topological polar surface area (TPSA) is 48.7 Å². The monoisotopic (exact) mass is 298 g/mol. The Balaban J connectivity index is 1.91. The van der Waals surface area contributed by atoms with E-state index in [0.29, 0.717) is 41.4 Å². The zero-order valence-electron chi connectivity index (χ0n) is 11.5. The second-order valence-electron chi connectivity index (χ2n) is 4.98. The van der Waals surface area contributed by atoms with Crippen molar-refractivity contribution < 1.29 is 18.3 Å². The number of halogens is 1. The predicted octanol–water partition coefficient (Wildman–Crippen LogP) is 3.37. The van der Waals surface area contributed by atoms with Crippen LogP contribution in [0.4, 0.5) is 4.39 Å². The van der Waals surface area contributed by atoms with Crippen LogP contribution in [0.3, 0.4) is 0 Å². The van der Waals surface area contributed by atoms with E-state index in [4.69, 9.17) is 13.9 Å². The summed E-state index contributed by atoms with van der Waals surface area (Å²) in [7, 11) is 0. The zero-order valence-corrected chi connectivity index (χ0v) is 11.5. The van der Waals surface area contributed by atoms with Gasteiger partial charge in [0.1, 0.15) is 30.9 Å². The van der Waals surface area contributed by atoms with E-state index >= 15 is 0 Å². The molecule has 22 heavy (non-hydrogen) atoms. The largest absolute Gasteiger partial charge is 0.486 e. The van der Waals surface area contributed by atoms with E-state index in [1.54, 1.807) is 18.2 Å². The highest BCUT2D eigenvalue weighted by molar-refractivity contribution is 5.82. The summed E-state index contributed by atoms with van der Waals surface area (Å²) >= 11 is 0. The Morgan fingerprint density at radius 1 is 0.955 bits per heavy atom. The maximum Gasteiger partial charge on any atom is 0.200 e. The number of hydrogen-bond acceptors (Lipinski definition) is 4. The number of hydrogen-bond donors (Lipinski definition) is 0. The molecule has 0 amide bonds. The van der Waals surface area contributed by atoms with Gasteiger partial charge in [-0.3, -0.25) is 4.79 Å². The van der Waals surface area contributed by atoms with Gasteiger partial charge < -0.3 is 13.9 Å². The lowest BCUT2D eigenvalue weighted by Gasteiger charge is -2.18. The van der Waals surface area contributed by atoms with E-state index in [1.807, 2.05) is 0 Å². The molecule has 3 aromatic rings. The molecule has 0 aliphatic carbocycles. The highest BCUT2D eigenvalue weighted by Crippen LogP contribution is 2.34. The second kappa shape index (κ2) is 4.87. The highest BCUT2D eigenvalue weighted by atomic mass is 19.1. The van der Waals surface area contributed by atoms with Gasteiger partial charge in [-0.05, 0) is 35.9 Å². The van der Waals surface area contributed by atoms with Gasteiger partial charge in [-0.15, -0.1) is 0 Å². The fourth-order valence-corrected chi connectivity index (χ4v) is 2.51. The first-order chi connectivity index (χ1) is 10.7. The predicted molar refractivity (Wildman–Crippen MR) is 78.9 cm³/mol. The van der Waals surface area contributed by atoms with Crippen molar-refractivity contribution in [3.8, 4) is 22.6 Å². The first-order valence-corrected chi connectivity index (χ1v) is 6.83. The van der Waals surface area contributed by atoms with Crippen molar-refractivity contribution in [2.24, 2.45) is 0 Å². The maximum absolute atomic E-state index is 13.4. The number of ether oxygens (including phenoxy) is 2. The van der Waals surface area contributed by atoms with Gasteiger partial charge in [-0.2, -0.15) is 0 Å². The average molecular weight is 298 g/mol. The molecule has 1 aromatic heterocycles. The first kappa shape index (κ1) is 12.9. The van der Waals surface area contributed by atoms with Crippen molar-refractivity contribution >= 4 is 11.0 Å². The SMILES string of the molecule is O=c1c(-c2ccc3c(c2)OCCO3)coc2ccc(F)cc12. The molecule has 1 aliphatic heterocycles. The molecule has 0 radical (unpaired) electrons. The highest BCUT2D eigenvalue weighted by Gasteiger charge is 2.15. The molecule has 0 spiro atoms. The smallest absolute Gasteiger partial charge is 0.200 e. The molecule has 1 aliphatic rings. The molecule has 0 N–H and O–H groups in total. The van der Waals surface area contributed by atoms with E-state index < -0.39 is 5.82 Å². The number of fused-ring (bicyclic) bond motifs is 2. The van der Waals surface area contributed by atoms with Gasteiger partial charge in [0, 0.05) is 0 Å². The first-order valence-electron chi connectivity index (χ1n) is 6.83. The lowest BCUT2D eigenvalue weighted by molar-refractivity contribution is 0.171. The molecule has 2 heterocycles. The third kappa shape index (κ3) is 2.02. The molecule has 0 saturated carbocycles. The van der Waals surface area contributed by atoms with Crippen LogP contribution < -0.4 is 14.9 Å². The van der Waals surface area contributed by atoms with Crippen molar-refractivity contribution in [1.29, 1.82) is 0 Å². The molecule has 2 aromatic carbocycles. The summed E-state index contributed by atoms with van der Waals surface area (Å²) in [5, 5.41) is 0.215. The lowest BCUT2D eigenvalue weighted by Crippen LogP contribution is -2.15. The van der Waals surface area contributed by atoms with Crippen LogP contribution in [0.15, 0.2) is 51.9 Å². The van der Waals surface area contributed by atoms with Crippen molar-refractivity contribution in [2.45, 2.75) is 0 Å². The van der Waals surface area contributed by atoms with E-state index in [9.17, 15) is 9.18 Å². The van der Waals surface area contributed by atoms with Crippen molar-refractivity contribution in [3.63, 3.8) is 0 Å². The quantitative estimate of drug-likeness (QED) is 0.691. The van der Waals surface area contributed by atoms with Crippen LogP contribution in [-0.4, -0.2) is 13.2 Å². The molecule has 0 fully saturated rings. The van der Waals surface area contributed by atoms with Crippen LogP contribution in [0.25, 0.3) is 22.1 Å². The van der Waals surface area contributed by atoms with Gasteiger partial charge in [0.05, 0.1) is 10.9 Å². The Hall–Kier alpha value is -2.82. The van der Waals surface area contributed by atoms with Gasteiger partial charge in [-0.1, -0.05) is 6.07 Å².